The molecule has 2 N–H and O–H groups in total. The first kappa shape index (κ1) is 23.4. The van der Waals surface area contributed by atoms with Gasteiger partial charge in [0.25, 0.3) is 0 Å². The van der Waals surface area contributed by atoms with Crippen molar-refractivity contribution in [3.63, 3.8) is 0 Å². The van der Waals surface area contributed by atoms with Gasteiger partial charge < -0.3 is 20.3 Å². The molecule has 0 amide bonds. The predicted octanol–water partition coefficient (Wildman–Crippen LogP) is 3.62. The molecule has 9 nitrogen and oxygen atoms in total. The van der Waals surface area contributed by atoms with E-state index in [0.29, 0.717) is 31.8 Å². The summed E-state index contributed by atoms with van der Waals surface area (Å²) in [4.78, 5) is 16.9. The van der Waals surface area contributed by atoms with E-state index in [-0.39, 0.29) is 5.92 Å². The van der Waals surface area contributed by atoms with Crippen molar-refractivity contribution in [3.8, 4) is 0 Å². The van der Waals surface area contributed by atoms with Crippen molar-refractivity contribution in [2.24, 2.45) is 0 Å². The van der Waals surface area contributed by atoms with Gasteiger partial charge in [-0.3, -0.25) is 4.68 Å². The average Bonchev–Trinajstić information content (AvgIpc) is 3.14. The molecule has 0 unspecified atom stereocenters. The molecule has 3 aromatic heterocycles. The highest BCUT2D eigenvalue weighted by Crippen LogP contribution is 2.31. The van der Waals surface area contributed by atoms with Gasteiger partial charge in [-0.1, -0.05) is 19.9 Å². The van der Waals surface area contributed by atoms with Gasteiger partial charge in [0.15, 0.2) is 5.82 Å². The summed E-state index contributed by atoms with van der Waals surface area (Å²) in [5.41, 5.74) is 3.86. The van der Waals surface area contributed by atoms with Crippen LogP contribution < -0.4 is 15.5 Å². The molecule has 1 aliphatic heterocycles. The van der Waals surface area contributed by atoms with Crippen molar-refractivity contribution in [2.45, 2.75) is 66.1 Å². The number of piperazine rings is 1. The second-order valence-corrected chi connectivity index (χ2v) is 9.25. The van der Waals surface area contributed by atoms with Crippen molar-refractivity contribution < 1.29 is 4.74 Å². The summed E-state index contributed by atoms with van der Waals surface area (Å²) < 4.78 is 7.60. The van der Waals surface area contributed by atoms with Gasteiger partial charge in [0.1, 0.15) is 16.9 Å². The fourth-order valence-electron chi connectivity index (χ4n) is 4.32. The number of ether oxygens (including phenoxy) is 1. The number of nitrogens with one attached hydrogen (secondary N) is 2. The second kappa shape index (κ2) is 10.0. The standard InChI is InChI=1S/C24H36N8O/c1-7-33-11-10-32-22-21(20(30-32)15(2)3)28-24(31-13-17(5)26-18(6)14-31)29-23(22)27-19-9-8-16(4)12-25-19/h8-9,12,15,17-18,26H,7,10-11,13-14H2,1-6H3,(H,25,27,28,29)/t17-,18+. The maximum Gasteiger partial charge on any atom is 0.228 e. The van der Waals surface area contributed by atoms with E-state index >= 15 is 0 Å². The quantitative estimate of drug-likeness (QED) is 0.501. The summed E-state index contributed by atoms with van der Waals surface area (Å²) in [6, 6.07) is 4.74. The van der Waals surface area contributed by atoms with Crippen molar-refractivity contribution in [1.82, 2.24) is 30.0 Å². The number of nitrogens with zero attached hydrogens (tertiary/aromatic N) is 6. The van der Waals surface area contributed by atoms with E-state index < -0.39 is 0 Å². The minimum Gasteiger partial charge on any atom is -0.380 e. The first-order valence-corrected chi connectivity index (χ1v) is 11.9. The zero-order valence-corrected chi connectivity index (χ0v) is 20.6. The summed E-state index contributed by atoms with van der Waals surface area (Å²) >= 11 is 0. The number of hydrogen-bond donors (Lipinski definition) is 2. The third kappa shape index (κ3) is 5.25. The summed E-state index contributed by atoms with van der Waals surface area (Å²) in [5, 5.41) is 12.0. The number of aryl methyl sites for hydroxylation is 1. The lowest BCUT2D eigenvalue weighted by Crippen LogP contribution is -2.54. The Hall–Kier alpha value is -2.78. The lowest BCUT2D eigenvalue weighted by atomic mass is 10.1. The number of hydrogen-bond acceptors (Lipinski definition) is 8. The predicted molar refractivity (Wildman–Crippen MR) is 132 cm³/mol. The maximum atomic E-state index is 5.62. The highest BCUT2D eigenvalue weighted by atomic mass is 16.5. The van der Waals surface area contributed by atoms with Gasteiger partial charge in [0, 0.05) is 38.0 Å². The van der Waals surface area contributed by atoms with E-state index in [4.69, 9.17) is 19.8 Å². The molecule has 0 saturated carbocycles. The smallest absolute Gasteiger partial charge is 0.228 e. The molecule has 0 aromatic carbocycles. The maximum absolute atomic E-state index is 5.62. The van der Waals surface area contributed by atoms with E-state index in [1.165, 1.54) is 0 Å². The SMILES string of the molecule is CCOCCn1nc(C(C)C)c2nc(N3C[C@@H](C)N[C@@H](C)C3)nc(Nc3ccc(C)cn3)c21. The Balaban J connectivity index is 1.84. The van der Waals surface area contributed by atoms with Crippen molar-refractivity contribution in [2.75, 3.05) is 36.5 Å². The van der Waals surface area contributed by atoms with E-state index in [1.54, 1.807) is 0 Å². The Morgan fingerprint density at radius 3 is 2.58 bits per heavy atom. The molecule has 0 radical (unpaired) electrons. The van der Waals surface area contributed by atoms with Gasteiger partial charge in [0.05, 0.1) is 18.8 Å². The largest absolute Gasteiger partial charge is 0.380 e. The van der Waals surface area contributed by atoms with Crippen LogP contribution in [0, 0.1) is 6.92 Å². The normalized spacial score (nSPS) is 18.9. The summed E-state index contributed by atoms with van der Waals surface area (Å²) in [5.74, 6) is 2.43. The molecule has 0 spiro atoms. The van der Waals surface area contributed by atoms with Crippen LogP contribution in [0.15, 0.2) is 18.3 Å². The van der Waals surface area contributed by atoms with E-state index in [9.17, 15) is 0 Å². The van der Waals surface area contributed by atoms with E-state index in [0.717, 1.165) is 53.0 Å². The van der Waals surface area contributed by atoms with Gasteiger partial charge in [-0.2, -0.15) is 10.1 Å². The minimum atomic E-state index is 0.231. The van der Waals surface area contributed by atoms with Crippen LogP contribution in [0.5, 0.6) is 0 Å². The molecule has 178 valence electrons. The van der Waals surface area contributed by atoms with Gasteiger partial charge in [-0.25, -0.2) is 9.97 Å². The van der Waals surface area contributed by atoms with Crippen molar-refractivity contribution in [1.29, 1.82) is 0 Å². The molecule has 0 bridgehead atoms. The van der Waals surface area contributed by atoms with Crippen LogP contribution in [0.25, 0.3) is 11.0 Å². The molecule has 4 heterocycles. The Morgan fingerprint density at radius 2 is 1.94 bits per heavy atom. The van der Waals surface area contributed by atoms with Gasteiger partial charge >= 0.3 is 0 Å². The number of rotatable bonds is 8. The van der Waals surface area contributed by atoms with E-state index in [2.05, 4.69) is 48.2 Å². The third-order valence-corrected chi connectivity index (χ3v) is 5.80. The van der Waals surface area contributed by atoms with Crippen LogP contribution in [0.3, 0.4) is 0 Å². The molecule has 1 aliphatic rings. The van der Waals surface area contributed by atoms with Gasteiger partial charge in [0.2, 0.25) is 5.95 Å². The molecular weight excluding hydrogens is 416 g/mol. The highest BCUT2D eigenvalue weighted by molar-refractivity contribution is 5.90. The summed E-state index contributed by atoms with van der Waals surface area (Å²) in [6.45, 7) is 16.3. The third-order valence-electron chi connectivity index (χ3n) is 5.80. The molecule has 1 fully saturated rings. The van der Waals surface area contributed by atoms with Gasteiger partial charge in [-0.05, 0) is 45.2 Å². The topological polar surface area (TPSA) is 93.0 Å². The van der Waals surface area contributed by atoms with Gasteiger partial charge in [-0.15, -0.1) is 0 Å². The van der Waals surface area contributed by atoms with Crippen LogP contribution >= 0.6 is 0 Å². The molecule has 1 saturated heterocycles. The number of aromatic nitrogens is 5. The molecule has 0 aliphatic carbocycles. The first-order chi connectivity index (χ1) is 15.9. The number of anilines is 3. The Morgan fingerprint density at radius 1 is 1.18 bits per heavy atom. The molecule has 4 rings (SSSR count). The molecule has 3 aromatic rings. The number of pyridine rings is 1. The first-order valence-electron chi connectivity index (χ1n) is 11.9. The summed E-state index contributed by atoms with van der Waals surface area (Å²) in [6.07, 6.45) is 1.85. The Labute approximate surface area is 196 Å². The van der Waals surface area contributed by atoms with Crippen LogP contribution in [-0.4, -0.2) is 63.1 Å². The molecule has 2 atom stereocenters. The second-order valence-electron chi connectivity index (χ2n) is 9.25. The van der Waals surface area contributed by atoms with Crippen LogP contribution in [0.1, 0.15) is 51.8 Å². The minimum absolute atomic E-state index is 0.231. The van der Waals surface area contributed by atoms with Crippen LogP contribution in [0.4, 0.5) is 17.6 Å². The Bertz CT molecular complexity index is 1070. The molecular formula is C24H36N8O. The average molecular weight is 453 g/mol. The van der Waals surface area contributed by atoms with Crippen LogP contribution in [-0.2, 0) is 11.3 Å². The fourth-order valence-corrected chi connectivity index (χ4v) is 4.32. The molecule has 33 heavy (non-hydrogen) atoms. The monoisotopic (exact) mass is 452 g/mol. The van der Waals surface area contributed by atoms with Crippen LogP contribution in [0.2, 0.25) is 0 Å². The molecule has 9 heteroatoms. The fraction of sp³-hybridized carbons (Fsp3) is 0.583. The van der Waals surface area contributed by atoms with Crippen molar-refractivity contribution >= 4 is 28.6 Å². The summed E-state index contributed by atoms with van der Waals surface area (Å²) in [7, 11) is 0. The number of fused-ring (bicyclic) bond motifs is 1. The van der Waals surface area contributed by atoms with E-state index in [1.807, 2.05) is 36.9 Å². The lowest BCUT2D eigenvalue weighted by Gasteiger charge is -2.36. The Kier molecular flexibility index (Phi) is 7.09. The zero-order chi connectivity index (χ0) is 23.5. The highest BCUT2D eigenvalue weighted by Gasteiger charge is 2.27. The van der Waals surface area contributed by atoms with Crippen molar-refractivity contribution in [3.05, 3.63) is 29.6 Å². The zero-order valence-electron chi connectivity index (χ0n) is 20.6. The lowest BCUT2D eigenvalue weighted by molar-refractivity contribution is 0.137.